The molecule has 0 unspecified atom stereocenters. The summed E-state index contributed by atoms with van der Waals surface area (Å²) in [7, 11) is 0. The van der Waals surface area contributed by atoms with Crippen molar-refractivity contribution < 1.29 is 14.4 Å². The van der Waals surface area contributed by atoms with E-state index in [4.69, 9.17) is 5.73 Å². The zero-order chi connectivity index (χ0) is 20.1. The van der Waals surface area contributed by atoms with Crippen molar-refractivity contribution in [2.24, 2.45) is 5.73 Å². The summed E-state index contributed by atoms with van der Waals surface area (Å²) in [6, 6.07) is 7.81. The van der Waals surface area contributed by atoms with Crippen LogP contribution in [0.5, 0.6) is 0 Å². The van der Waals surface area contributed by atoms with Crippen LogP contribution in [0.1, 0.15) is 18.5 Å². The first-order valence-corrected chi connectivity index (χ1v) is 11.4. The Morgan fingerprint density at radius 3 is 2.86 bits per heavy atom. The van der Waals surface area contributed by atoms with Crippen LogP contribution in [0.15, 0.2) is 33.4 Å². The molecule has 2 heterocycles. The van der Waals surface area contributed by atoms with Gasteiger partial charge < -0.3 is 16.0 Å². The molecule has 2 aromatic rings. The molecule has 7 nitrogen and oxygen atoms in total. The molecule has 0 aliphatic carbocycles. The molecule has 0 bridgehead atoms. The molecule has 1 aliphatic rings. The third-order valence-electron chi connectivity index (χ3n) is 3.94. The molecule has 1 aromatic carbocycles. The number of nitrogens with two attached hydrogens (primary N) is 1. The van der Waals surface area contributed by atoms with Crippen LogP contribution in [0, 0.1) is 6.92 Å². The number of anilines is 2. The van der Waals surface area contributed by atoms with Crippen LogP contribution < -0.4 is 16.0 Å². The van der Waals surface area contributed by atoms with Crippen LogP contribution >= 0.6 is 34.9 Å². The average Bonchev–Trinajstić information content (AvgIpc) is 3.03. The Kier molecular flexibility index (Phi) is 6.97. The van der Waals surface area contributed by atoms with Crippen molar-refractivity contribution in [1.29, 1.82) is 0 Å². The topological polar surface area (TPSA) is 105 Å². The fraction of sp³-hybridized carbons (Fsp3) is 0.333. The van der Waals surface area contributed by atoms with Gasteiger partial charge in [0.2, 0.25) is 17.7 Å². The Hall–Kier alpha value is -2.04. The van der Waals surface area contributed by atoms with E-state index in [9.17, 15) is 14.4 Å². The summed E-state index contributed by atoms with van der Waals surface area (Å²) < 4.78 is 0.840. The Labute approximate surface area is 175 Å². The number of benzene rings is 1. The largest absolute Gasteiger partial charge is 0.369 e. The van der Waals surface area contributed by atoms with Crippen LogP contribution in [0.25, 0.3) is 0 Å². The summed E-state index contributed by atoms with van der Waals surface area (Å²) in [5, 5.41) is 3.19. The number of rotatable bonds is 7. The van der Waals surface area contributed by atoms with E-state index in [-0.39, 0.29) is 30.4 Å². The average molecular weight is 437 g/mol. The maximum Gasteiger partial charge on any atom is 0.227 e. The Balaban J connectivity index is 1.53. The number of aromatic nitrogens is 1. The maximum absolute atomic E-state index is 12.6. The Morgan fingerprint density at radius 1 is 1.29 bits per heavy atom. The molecule has 0 saturated heterocycles. The molecule has 1 aromatic heterocycles. The van der Waals surface area contributed by atoms with Crippen LogP contribution in [0.4, 0.5) is 10.8 Å². The Morgan fingerprint density at radius 2 is 2.07 bits per heavy atom. The van der Waals surface area contributed by atoms with Gasteiger partial charge in [0.05, 0.1) is 21.3 Å². The molecule has 0 fully saturated rings. The standard InChI is InChI=1S/C18H20N4O3S3/c1-11-17(27-10-14(19)23)28-18(20-11)21-15(24)6-7-16(25)22-8-9-26-13-5-3-2-4-12(13)22/h2-5H,6-10H2,1H3,(H2,19,23)(H,20,21,24). The number of amides is 3. The number of hydrogen-bond acceptors (Lipinski definition) is 7. The summed E-state index contributed by atoms with van der Waals surface area (Å²) >= 11 is 4.33. The van der Waals surface area contributed by atoms with Gasteiger partial charge in [-0.15, -0.1) is 23.5 Å². The zero-order valence-electron chi connectivity index (χ0n) is 15.3. The fourth-order valence-electron chi connectivity index (χ4n) is 2.67. The number of para-hydroxylation sites is 1. The van der Waals surface area contributed by atoms with Crippen LogP contribution in [0.2, 0.25) is 0 Å². The molecule has 3 amide bonds. The molecule has 148 valence electrons. The lowest BCUT2D eigenvalue weighted by Gasteiger charge is -2.28. The van der Waals surface area contributed by atoms with E-state index in [1.807, 2.05) is 31.2 Å². The Bertz CT molecular complexity index is 900. The van der Waals surface area contributed by atoms with Crippen LogP contribution in [-0.2, 0) is 14.4 Å². The monoisotopic (exact) mass is 436 g/mol. The van der Waals surface area contributed by atoms with Gasteiger partial charge in [-0.05, 0) is 19.1 Å². The van der Waals surface area contributed by atoms with E-state index >= 15 is 0 Å². The number of aryl methyl sites for hydroxylation is 1. The first-order valence-electron chi connectivity index (χ1n) is 8.64. The minimum atomic E-state index is -0.403. The summed E-state index contributed by atoms with van der Waals surface area (Å²) in [5.41, 5.74) is 6.81. The quantitative estimate of drug-likeness (QED) is 0.647. The minimum absolute atomic E-state index is 0.0593. The number of hydrogen-bond donors (Lipinski definition) is 2. The van der Waals surface area contributed by atoms with Crippen molar-refractivity contribution in [3.05, 3.63) is 30.0 Å². The van der Waals surface area contributed by atoms with E-state index in [0.29, 0.717) is 11.7 Å². The number of thioether (sulfide) groups is 2. The second-order valence-corrected chi connectivity index (χ2v) is 9.44. The number of nitrogens with zero attached hydrogens (tertiary/aromatic N) is 2. The molecule has 3 rings (SSSR count). The zero-order valence-corrected chi connectivity index (χ0v) is 17.7. The van der Waals surface area contributed by atoms with Gasteiger partial charge in [-0.1, -0.05) is 23.5 Å². The summed E-state index contributed by atoms with van der Waals surface area (Å²) in [6.45, 7) is 2.46. The molecule has 3 N–H and O–H groups in total. The highest BCUT2D eigenvalue weighted by molar-refractivity contribution is 8.01. The lowest BCUT2D eigenvalue weighted by Crippen LogP contribution is -2.35. The molecule has 0 radical (unpaired) electrons. The van der Waals surface area contributed by atoms with Gasteiger partial charge in [0.25, 0.3) is 0 Å². The van der Waals surface area contributed by atoms with Crippen molar-refractivity contribution >= 4 is 63.4 Å². The van der Waals surface area contributed by atoms with Crippen molar-refractivity contribution in [2.75, 3.05) is 28.3 Å². The lowest BCUT2D eigenvalue weighted by molar-refractivity contribution is -0.122. The predicted octanol–water partition coefficient (Wildman–Crippen LogP) is 2.89. The summed E-state index contributed by atoms with van der Waals surface area (Å²) in [5.74, 6) is 0.295. The minimum Gasteiger partial charge on any atom is -0.369 e. The molecule has 0 spiro atoms. The second kappa shape index (κ2) is 9.44. The fourth-order valence-corrected chi connectivity index (χ4v) is 5.56. The number of carbonyl (C=O) groups is 3. The molecule has 1 aliphatic heterocycles. The van der Waals surface area contributed by atoms with E-state index in [1.165, 1.54) is 23.1 Å². The van der Waals surface area contributed by atoms with Gasteiger partial charge in [0, 0.05) is 30.0 Å². The van der Waals surface area contributed by atoms with E-state index in [0.717, 1.165) is 26.2 Å². The van der Waals surface area contributed by atoms with E-state index < -0.39 is 5.91 Å². The van der Waals surface area contributed by atoms with Crippen LogP contribution in [-0.4, -0.2) is 40.8 Å². The number of fused-ring (bicyclic) bond motifs is 1. The third kappa shape index (κ3) is 5.27. The van der Waals surface area contributed by atoms with Crippen molar-refractivity contribution in [3.63, 3.8) is 0 Å². The van der Waals surface area contributed by atoms with Gasteiger partial charge in [0.1, 0.15) is 0 Å². The van der Waals surface area contributed by atoms with Gasteiger partial charge in [0.15, 0.2) is 5.13 Å². The molecule has 0 atom stereocenters. The number of primary amides is 1. The first kappa shape index (κ1) is 20.7. The van der Waals surface area contributed by atoms with Gasteiger partial charge in [-0.3, -0.25) is 14.4 Å². The molecule has 10 heteroatoms. The molecule has 28 heavy (non-hydrogen) atoms. The van der Waals surface area contributed by atoms with Crippen molar-refractivity contribution in [2.45, 2.75) is 28.9 Å². The number of nitrogens with one attached hydrogen (secondary N) is 1. The van der Waals surface area contributed by atoms with Crippen LogP contribution in [0.3, 0.4) is 0 Å². The van der Waals surface area contributed by atoms with E-state index in [1.54, 1.807) is 16.7 Å². The van der Waals surface area contributed by atoms with Crippen molar-refractivity contribution in [3.8, 4) is 0 Å². The molecular weight excluding hydrogens is 416 g/mol. The highest BCUT2D eigenvalue weighted by Crippen LogP contribution is 2.35. The highest BCUT2D eigenvalue weighted by Gasteiger charge is 2.23. The van der Waals surface area contributed by atoms with Gasteiger partial charge in [-0.2, -0.15) is 0 Å². The number of carbonyl (C=O) groups excluding carboxylic acids is 3. The van der Waals surface area contributed by atoms with Crippen molar-refractivity contribution in [1.82, 2.24) is 4.98 Å². The van der Waals surface area contributed by atoms with E-state index in [2.05, 4.69) is 10.3 Å². The first-order chi connectivity index (χ1) is 13.4. The normalized spacial score (nSPS) is 13.1. The SMILES string of the molecule is Cc1nc(NC(=O)CCC(=O)N2CCSc3ccccc32)sc1SCC(N)=O. The summed E-state index contributed by atoms with van der Waals surface area (Å²) in [4.78, 5) is 42.9. The van der Waals surface area contributed by atoms with Gasteiger partial charge >= 0.3 is 0 Å². The predicted molar refractivity (Wildman–Crippen MR) is 114 cm³/mol. The van der Waals surface area contributed by atoms with Gasteiger partial charge in [-0.25, -0.2) is 4.98 Å². The second-order valence-electron chi connectivity index (χ2n) is 6.06. The molecule has 0 saturated carbocycles. The molecular formula is C18H20N4O3S3. The summed E-state index contributed by atoms with van der Waals surface area (Å²) in [6.07, 6.45) is 0.228. The maximum atomic E-state index is 12.6. The number of thiazole rings is 1. The smallest absolute Gasteiger partial charge is 0.227 e. The lowest BCUT2D eigenvalue weighted by atomic mass is 10.2. The highest BCUT2D eigenvalue weighted by atomic mass is 32.2. The third-order valence-corrected chi connectivity index (χ3v) is 7.44.